The summed E-state index contributed by atoms with van der Waals surface area (Å²) in [4.78, 5) is 12.9. The number of halogens is 1. The molecular formula is C19H16BrN7OS. The largest absolute Gasteiger partial charge is 0.411 e. The van der Waals surface area contributed by atoms with E-state index >= 15 is 0 Å². The number of benzene rings is 2. The summed E-state index contributed by atoms with van der Waals surface area (Å²) in [6.45, 7) is 1.94. The van der Waals surface area contributed by atoms with Gasteiger partial charge >= 0.3 is 0 Å². The van der Waals surface area contributed by atoms with Crippen LogP contribution in [0.2, 0.25) is 0 Å². The van der Waals surface area contributed by atoms with Gasteiger partial charge in [0.2, 0.25) is 17.8 Å². The topological polar surface area (TPSA) is 116 Å². The fraction of sp³-hybridized carbons (Fsp3) is 0.105. The first-order valence-corrected chi connectivity index (χ1v) is 10.3. The first-order chi connectivity index (χ1) is 14.1. The van der Waals surface area contributed by atoms with E-state index in [4.69, 9.17) is 10.2 Å². The van der Waals surface area contributed by atoms with Crippen molar-refractivity contribution in [3.63, 3.8) is 0 Å². The van der Waals surface area contributed by atoms with Gasteiger partial charge in [-0.2, -0.15) is 15.0 Å². The average Bonchev–Trinajstić information content (AvgIpc) is 3.17. The van der Waals surface area contributed by atoms with Crippen LogP contribution in [0.15, 0.2) is 68.7 Å². The maximum absolute atomic E-state index is 5.87. The van der Waals surface area contributed by atoms with Crippen LogP contribution in [0.3, 0.4) is 0 Å². The molecule has 146 valence electrons. The van der Waals surface area contributed by atoms with Gasteiger partial charge in [-0.25, -0.2) is 0 Å². The van der Waals surface area contributed by atoms with Gasteiger partial charge in [0, 0.05) is 10.2 Å². The summed E-state index contributed by atoms with van der Waals surface area (Å²) in [6.07, 6.45) is 0. The Morgan fingerprint density at radius 1 is 1.00 bits per heavy atom. The van der Waals surface area contributed by atoms with E-state index < -0.39 is 0 Å². The summed E-state index contributed by atoms with van der Waals surface area (Å²) >= 11 is 4.84. The summed E-state index contributed by atoms with van der Waals surface area (Å²) in [5.74, 6) is 1.47. The molecule has 29 heavy (non-hydrogen) atoms. The maximum Gasteiger partial charge on any atom is 0.277 e. The molecule has 0 aliphatic rings. The predicted molar refractivity (Wildman–Crippen MR) is 116 cm³/mol. The molecule has 0 bridgehead atoms. The van der Waals surface area contributed by atoms with Crippen LogP contribution in [0, 0.1) is 0 Å². The van der Waals surface area contributed by atoms with Crippen molar-refractivity contribution < 1.29 is 4.42 Å². The lowest BCUT2D eigenvalue weighted by Crippen LogP contribution is -2.08. The van der Waals surface area contributed by atoms with Crippen molar-refractivity contribution in [1.82, 2.24) is 25.1 Å². The van der Waals surface area contributed by atoms with E-state index in [1.165, 1.54) is 11.8 Å². The third kappa shape index (κ3) is 4.72. The van der Waals surface area contributed by atoms with Gasteiger partial charge in [-0.15, -0.1) is 10.2 Å². The molecule has 8 nitrogen and oxygen atoms in total. The van der Waals surface area contributed by atoms with Crippen molar-refractivity contribution in [3.05, 3.63) is 64.9 Å². The number of hydrogen-bond donors (Lipinski definition) is 2. The highest BCUT2D eigenvalue weighted by Gasteiger charge is 2.18. The molecule has 0 radical (unpaired) electrons. The third-order valence-electron chi connectivity index (χ3n) is 3.85. The molecule has 2 aromatic carbocycles. The molecule has 0 amide bonds. The Morgan fingerprint density at radius 2 is 1.76 bits per heavy atom. The molecule has 0 saturated heterocycles. The summed E-state index contributed by atoms with van der Waals surface area (Å²) in [5.41, 5.74) is 7.57. The fourth-order valence-corrected chi connectivity index (χ4v) is 3.69. The molecule has 1 atom stereocenters. The number of rotatable bonds is 6. The number of aromatic nitrogens is 5. The van der Waals surface area contributed by atoms with Crippen LogP contribution in [0.4, 0.5) is 17.6 Å². The Bertz CT molecular complexity index is 1120. The Morgan fingerprint density at radius 3 is 2.55 bits per heavy atom. The van der Waals surface area contributed by atoms with Gasteiger partial charge in [-0.3, -0.25) is 0 Å². The standard InChI is InChI=1S/C19H16BrN7OS/c1-11(29-19-27-26-16(28-19)13-9-5-6-10-14(13)20)15-23-17(21)25-18(24-15)22-12-7-3-2-4-8-12/h2-11H,1H3,(H3,21,22,23,24,25). The zero-order chi connectivity index (χ0) is 20.2. The van der Waals surface area contributed by atoms with Gasteiger partial charge in [0.05, 0.1) is 10.8 Å². The number of nitrogens with two attached hydrogens (primary N) is 1. The second kappa shape index (κ2) is 8.58. The van der Waals surface area contributed by atoms with E-state index in [0.717, 1.165) is 15.7 Å². The molecule has 2 aromatic heterocycles. The molecule has 4 rings (SSSR count). The molecule has 0 aliphatic heterocycles. The number of thioether (sulfide) groups is 1. The lowest BCUT2D eigenvalue weighted by Gasteiger charge is -2.10. The van der Waals surface area contributed by atoms with E-state index in [2.05, 4.69) is 46.4 Å². The molecule has 10 heteroatoms. The number of hydrogen-bond acceptors (Lipinski definition) is 9. The first kappa shape index (κ1) is 19.3. The van der Waals surface area contributed by atoms with Crippen LogP contribution in [-0.2, 0) is 0 Å². The van der Waals surface area contributed by atoms with E-state index in [-0.39, 0.29) is 11.2 Å². The van der Waals surface area contributed by atoms with E-state index in [1.54, 1.807) is 0 Å². The highest BCUT2D eigenvalue weighted by Crippen LogP contribution is 2.35. The van der Waals surface area contributed by atoms with Crippen LogP contribution in [-0.4, -0.2) is 25.1 Å². The monoisotopic (exact) mass is 469 g/mol. The van der Waals surface area contributed by atoms with Gasteiger partial charge < -0.3 is 15.5 Å². The minimum absolute atomic E-state index is 0.139. The third-order valence-corrected chi connectivity index (χ3v) is 5.47. The second-order valence-corrected chi connectivity index (χ2v) is 8.13. The number of nitrogens with one attached hydrogen (secondary N) is 1. The van der Waals surface area contributed by atoms with Crippen LogP contribution in [0.5, 0.6) is 0 Å². The number of nitrogen functional groups attached to an aromatic ring is 1. The fourth-order valence-electron chi connectivity index (χ4n) is 2.50. The molecule has 0 saturated carbocycles. The van der Waals surface area contributed by atoms with Gasteiger partial charge in [0.1, 0.15) is 5.82 Å². The van der Waals surface area contributed by atoms with Gasteiger partial charge in [0.25, 0.3) is 5.22 Å². The number of nitrogens with zero attached hydrogens (tertiary/aromatic N) is 5. The predicted octanol–water partition coefficient (Wildman–Crippen LogP) is 4.86. The average molecular weight is 470 g/mol. The zero-order valence-electron chi connectivity index (χ0n) is 15.3. The first-order valence-electron chi connectivity index (χ1n) is 8.67. The molecule has 4 aromatic rings. The summed E-state index contributed by atoms with van der Waals surface area (Å²) in [7, 11) is 0. The van der Waals surface area contributed by atoms with Gasteiger partial charge in [-0.05, 0) is 47.1 Å². The Labute approximate surface area is 179 Å². The quantitative estimate of drug-likeness (QED) is 0.381. The van der Waals surface area contributed by atoms with Crippen molar-refractivity contribution in [3.8, 4) is 11.5 Å². The number of anilines is 3. The molecule has 0 spiro atoms. The Hall–Kier alpha value is -2.98. The molecule has 2 heterocycles. The van der Waals surface area contributed by atoms with Gasteiger partial charge in [-0.1, -0.05) is 42.1 Å². The molecule has 0 aliphatic carbocycles. The van der Waals surface area contributed by atoms with Crippen molar-refractivity contribution >= 4 is 45.3 Å². The number of para-hydroxylation sites is 1. The zero-order valence-corrected chi connectivity index (χ0v) is 17.7. The van der Waals surface area contributed by atoms with Crippen molar-refractivity contribution in [2.45, 2.75) is 17.4 Å². The maximum atomic E-state index is 5.87. The highest BCUT2D eigenvalue weighted by molar-refractivity contribution is 9.10. The second-order valence-electron chi connectivity index (χ2n) is 5.98. The van der Waals surface area contributed by atoms with Crippen LogP contribution in [0.25, 0.3) is 11.5 Å². The highest BCUT2D eigenvalue weighted by atomic mass is 79.9. The van der Waals surface area contributed by atoms with E-state index in [1.807, 2.05) is 61.5 Å². The van der Waals surface area contributed by atoms with Crippen LogP contribution >= 0.6 is 27.7 Å². The summed E-state index contributed by atoms with van der Waals surface area (Å²) in [5, 5.41) is 11.6. The lowest BCUT2D eigenvalue weighted by atomic mass is 10.2. The lowest BCUT2D eigenvalue weighted by molar-refractivity contribution is 0.464. The van der Waals surface area contributed by atoms with Crippen molar-refractivity contribution in [1.29, 1.82) is 0 Å². The molecular weight excluding hydrogens is 454 g/mol. The Kier molecular flexibility index (Phi) is 5.72. The SMILES string of the molecule is CC(Sc1nnc(-c2ccccc2Br)o1)c1nc(N)nc(Nc2ccccc2)n1. The minimum Gasteiger partial charge on any atom is -0.411 e. The summed E-state index contributed by atoms with van der Waals surface area (Å²) < 4.78 is 6.68. The minimum atomic E-state index is -0.177. The normalized spacial score (nSPS) is 11.9. The summed E-state index contributed by atoms with van der Waals surface area (Å²) in [6, 6.07) is 17.3. The van der Waals surface area contributed by atoms with Gasteiger partial charge in [0.15, 0.2) is 0 Å². The van der Waals surface area contributed by atoms with E-state index in [0.29, 0.717) is 22.9 Å². The Balaban J connectivity index is 1.51. The molecule has 1 unspecified atom stereocenters. The van der Waals surface area contributed by atoms with Crippen LogP contribution < -0.4 is 11.1 Å². The smallest absolute Gasteiger partial charge is 0.277 e. The van der Waals surface area contributed by atoms with Crippen LogP contribution in [0.1, 0.15) is 18.0 Å². The van der Waals surface area contributed by atoms with Crippen molar-refractivity contribution in [2.75, 3.05) is 11.1 Å². The van der Waals surface area contributed by atoms with E-state index in [9.17, 15) is 0 Å². The molecule has 3 N–H and O–H groups in total. The van der Waals surface area contributed by atoms with Crippen molar-refractivity contribution in [2.24, 2.45) is 0 Å². The molecule has 0 fully saturated rings.